The summed E-state index contributed by atoms with van der Waals surface area (Å²) in [5, 5.41) is 0. The van der Waals surface area contributed by atoms with Gasteiger partial charge in [-0.25, -0.2) is 4.57 Å². The Morgan fingerprint density at radius 2 is 0.727 bits per heavy atom. The molecule has 0 spiro atoms. The van der Waals surface area contributed by atoms with Crippen LogP contribution in [0.4, 0.5) is 0 Å². The summed E-state index contributed by atoms with van der Waals surface area (Å²) in [7, 11) is 2.14. The Bertz CT molecular complexity index is 704. The van der Waals surface area contributed by atoms with Gasteiger partial charge in [0.05, 0.1) is 0 Å². The van der Waals surface area contributed by atoms with E-state index < -0.39 is 0 Å². The third-order valence-electron chi connectivity index (χ3n) is 9.95. The van der Waals surface area contributed by atoms with Gasteiger partial charge in [-0.15, -0.1) is 0 Å². The lowest BCUT2D eigenvalue weighted by molar-refractivity contribution is -0.671. The molecule has 0 radical (unpaired) electrons. The molecular formula is C43H80N+. The normalized spacial score (nSPS) is 12.4. The fourth-order valence-corrected chi connectivity index (χ4v) is 6.84. The first kappa shape index (κ1) is 40.9. The van der Waals surface area contributed by atoms with Gasteiger partial charge >= 0.3 is 0 Å². The number of pyridine rings is 1. The molecule has 0 aliphatic rings. The summed E-state index contributed by atoms with van der Waals surface area (Å²) in [4.78, 5) is 0. The first-order chi connectivity index (χ1) is 21.8. The molecule has 0 saturated heterocycles. The summed E-state index contributed by atoms with van der Waals surface area (Å²) in [5.74, 6) is 0.764. The molecule has 1 aromatic heterocycles. The lowest BCUT2D eigenvalue weighted by Crippen LogP contribution is -2.26. The van der Waals surface area contributed by atoms with E-state index in [0.29, 0.717) is 0 Å². The second-order valence-electron chi connectivity index (χ2n) is 14.3. The van der Waals surface area contributed by atoms with Crippen molar-refractivity contribution in [1.82, 2.24) is 0 Å². The van der Waals surface area contributed by atoms with Gasteiger partial charge in [0.25, 0.3) is 0 Å². The van der Waals surface area contributed by atoms with E-state index in [2.05, 4.69) is 62.1 Å². The molecule has 0 aromatic carbocycles. The summed E-state index contributed by atoms with van der Waals surface area (Å²) < 4.78 is 2.18. The Hall–Kier alpha value is -1.11. The average Bonchev–Trinajstić information content (AvgIpc) is 3.03. The Labute approximate surface area is 278 Å². The lowest BCUT2D eigenvalue weighted by Gasteiger charge is -2.17. The van der Waals surface area contributed by atoms with E-state index in [1.807, 2.05) is 0 Å². The average molecular weight is 611 g/mol. The molecule has 1 heterocycles. The quantitative estimate of drug-likeness (QED) is 0.0415. The molecule has 1 rings (SSSR count). The maximum Gasteiger partial charge on any atom is 0.168 e. The Morgan fingerprint density at radius 3 is 1.07 bits per heavy atom. The molecule has 0 bridgehead atoms. The van der Waals surface area contributed by atoms with Crippen molar-refractivity contribution in [1.29, 1.82) is 0 Å². The first-order valence-corrected chi connectivity index (χ1v) is 20.4. The van der Waals surface area contributed by atoms with Gasteiger partial charge < -0.3 is 0 Å². The number of hydrogen-bond donors (Lipinski definition) is 0. The van der Waals surface area contributed by atoms with E-state index in [1.54, 1.807) is 5.56 Å². The van der Waals surface area contributed by atoms with E-state index >= 15 is 0 Å². The second kappa shape index (κ2) is 33.3. The molecule has 1 nitrogen and oxygen atoms in total. The zero-order valence-corrected chi connectivity index (χ0v) is 30.6. The van der Waals surface area contributed by atoms with Crippen LogP contribution >= 0.6 is 0 Å². The van der Waals surface area contributed by atoms with Crippen LogP contribution in [0.15, 0.2) is 36.7 Å². The van der Waals surface area contributed by atoms with Crippen LogP contribution in [0.25, 0.3) is 0 Å². The van der Waals surface area contributed by atoms with Gasteiger partial charge in [-0.1, -0.05) is 193 Å². The number of rotatable bonds is 34. The topological polar surface area (TPSA) is 3.88 Å². The highest BCUT2D eigenvalue weighted by molar-refractivity contribution is 5.13. The molecule has 1 atom stereocenters. The predicted molar refractivity (Wildman–Crippen MR) is 199 cm³/mol. The number of aromatic nitrogens is 1. The van der Waals surface area contributed by atoms with E-state index in [1.165, 1.54) is 205 Å². The van der Waals surface area contributed by atoms with Crippen molar-refractivity contribution >= 4 is 0 Å². The molecule has 1 aromatic rings. The Balaban J connectivity index is 2.03. The summed E-state index contributed by atoms with van der Waals surface area (Å²) in [6, 6.07) is 4.77. The fourth-order valence-electron chi connectivity index (χ4n) is 6.84. The number of aryl methyl sites for hydroxylation is 1. The van der Waals surface area contributed by atoms with E-state index in [9.17, 15) is 0 Å². The number of hydrogen-bond acceptors (Lipinski definition) is 0. The molecule has 0 aliphatic carbocycles. The van der Waals surface area contributed by atoms with Gasteiger partial charge in [-0.05, 0) is 50.0 Å². The van der Waals surface area contributed by atoms with Crippen LogP contribution in [0, 0.1) is 0 Å². The second-order valence-corrected chi connectivity index (χ2v) is 14.3. The van der Waals surface area contributed by atoms with Gasteiger partial charge in [0, 0.05) is 12.1 Å². The Kier molecular flexibility index (Phi) is 30.9. The molecule has 256 valence electrons. The zero-order chi connectivity index (χ0) is 31.6. The predicted octanol–water partition coefficient (Wildman–Crippen LogP) is 14.7. The van der Waals surface area contributed by atoms with Crippen LogP contribution in [0.5, 0.6) is 0 Å². The van der Waals surface area contributed by atoms with Gasteiger partial charge in [-0.3, -0.25) is 0 Å². The van der Waals surface area contributed by atoms with E-state index in [4.69, 9.17) is 0 Å². The third kappa shape index (κ3) is 27.2. The number of unbranched alkanes of at least 4 members (excludes halogenated alkanes) is 27. The van der Waals surface area contributed by atoms with Crippen LogP contribution < -0.4 is 4.57 Å². The van der Waals surface area contributed by atoms with Crippen molar-refractivity contribution in [2.75, 3.05) is 0 Å². The van der Waals surface area contributed by atoms with Crippen LogP contribution in [-0.2, 0) is 7.05 Å². The minimum absolute atomic E-state index is 0.764. The smallest absolute Gasteiger partial charge is 0.168 e. The number of allylic oxidation sites excluding steroid dienone is 2. The summed E-state index contributed by atoms with van der Waals surface area (Å²) >= 11 is 0. The first-order valence-electron chi connectivity index (χ1n) is 20.4. The Morgan fingerprint density at radius 1 is 0.432 bits per heavy atom. The minimum atomic E-state index is 0.764. The molecule has 0 amide bonds. The standard InChI is InChI=1S/C43H80N/c1-4-6-8-10-12-14-16-18-20-22-24-26-28-30-32-34-36-42(43-38-40-44(3)41-39-43)37-35-33-31-29-27-25-23-21-19-17-15-13-11-9-7-5-2/h18,20,38-42H,4-17,19,21-37H2,1-3H3/q+1/b20-18+. The van der Waals surface area contributed by atoms with Gasteiger partial charge in [0.1, 0.15) is 7.05 Å². The molecule has 0 saturated carbocycles. The SMILES string of the molecule is CCCCCCCC/C=C/CCCCCCCCC(CCCCCCCCCCCCCCCCCC)c1cc[n+](C)cc1. The van der Waals surface area contributed by atoms with E-state index in [-0.39, 0.29) is 0 Å². The molecule has 1 unspecified atom stereocenters. The third-order valence-corrected chi connectivity index (χ3v) is 9.95. The molecule has 1 heteroatoms. The van der Waals surface area contributed by atoms with Crippen molar-refractivity contribution in [3.63, 3.8) is 0 Å². The monoisotopic (exact) mass is 611 g/mol. The van der Waals surface area contributed by atoms with Crippen molar-refractivity contribution in [2.24, 2.45) is 7.05 Å². The fraction of sp³-hybridized carbons (Fsp3) is 0.837. The van der Waals surface area contributed by atoms with Crippen LogP contribution in [-0.4, -0.2) is 0 Å². The highest BCUT2D eigenvalue weighted by atomic mass is 14.9. The minimum Gasteiger partial charge on any atom is -0.208 e. The molecule has 44 heavy (non-hydrogen) atoms. The molecular weight excluding hydrogens is 530 g/mol. The van der Waals surface area contributed by atoms with Crippen LogP contribution in [0.3, 0.4) is 0 Å². The summed E-state index contributed by atoms with van der Waals surface area (Å²) in [6.45, 7) is 4.61. The van der Waals surface area contributed by atoms with E-state index in [0.717, 1.165) is 5.92 Å². The van der Waals surface area contributed by atoms with Crippen molar-refractivity contribution < 1.29 is 4.57 Å². The van der Waals surface area contributed by atoms with Crippen molar-refractivity contribution in [3.8, 4) is 0 Å². The highest BCUT2D eigenvalue weighted by Gasteiger charge is 2.12. The summed E-state index contributed by atoms with van der Waals surface area (Å²) in [5.41, 5.74) is 1.58. The number of nitrogens with zero attached hydrogens (tertiary/aromatic N) is 1. The molecule has 0 fully saturated rings. The highest BCUT2D eigenvalue weighted by Crippen LogP contribution is 2.28. The molecule has 0 aliphatic heterocycles. The summed E-state index contributed by atoms with van der Waals surface area (Å²) in [6.07, 6.45) is 55.0. The molecule has 0 N–H and O–H groups in total. The van der Waals surface area contributed by atoms with Gasteiger partial charge in [0.15, 0.2) is 12.4 Å². The lowest BCUT2D eigenvalue weighted by atomic mass is 9.88. The largest absolute Gasteiger partial charge is 0.208 e. The zero-order valence-electron chi connectivity index (χ0n) is 30.6. The maximum absolute atomic E-state index is 2.45. The van der Waals surface area contributed by atoms with Crippen LogP contribution in [0.1, 0.15) is 231 Å². The van der Waals surface area contributed by atoms with Crippen LogP contribution in [0.2, 0.25) is 0 Å². The van der Waals surface area contributed by atoms with Gasteiger partial charge in [0.2, 0.25) is 0 Å². The van der Waals surface area contributed by atoms with Gasteiger partial charge in [-0.2, -0.15) is 0 Å². The van der Waals surface area contributed by atoms with Crippen molar-refractivity contribution in [2.45, 2.75) is 225 Å². The van der Waals surface area contributed by atoms with Crippen molar-refractivity contribution in [3.05, 3.63) is 42.2 Å². The maximum atomic E-state index is 2.45.